The molecule has 0 aliphatic carbocycles. The number of unbranched alkanes of at least 4 members (excludes halogenated alkanes) is 10. The van der Waals surface area contributed by atoms with Crippen LogP contribution in [0, 0.1) is 5.92 Å². The Morgan fingerprint density at radius 1 is 0.520 bits per heavy atom. The Morgan fingerprint density at radius 3 is 1.40 bits per heavy atom. The summed E-state index contributed by atoms with van der Waals surface area (Å²) in [5, 5.41) is 0. The van der Waals surface area contributed by atoms with E-state index in [1.807, 2.05) is 0 Å². The predicted octanol–water partition coefficient (Wildman–Crippen LogP) is 8.40. The third kappa shape index (κ3) is 12.9. The molecular weight excluding hydrogens is 302 g/mol. The smallest absolute Gasteiger partial charge is 0.0182 e. The van der Waals surface area contributed by atoms with Gasteiger partial charge in [0.05, 0.1) is 0 Å². The van der Waals surface area contributed by atoms with Gasteiger partial charge >= 0.3 is 0 Å². The van der Waals surface area contributed by atoms with E-state index in [1.165, 1.54) is 116 Å². The standard InChI is InChI=1S/C24H51N/c1-5-9-13-14-15-16-17-18-20-23(19-10-6-2)24(25,21-11-7-3)22-12-8-4/h23H,5-22,25H2,1-4H3. The molecular formula is C24H51N. The van der Waals surface area contributed by atoms with Gasteiger partial charge in [-0.2, -0.15) is 0 Å². The second-order valence-electron chi connectivity index (χ2n) is 8.54. The molecule has 1 atom stereocenters. The van der Waals surface area contributed by atoms with Crippen LogP contribution in [0.3, 0.4) is 0 Å². The summed E-state index contributed by atoms with van der Waals surface area (Å²) in [6.07, 6.45) is 24.4. The van der Waals surface area contributed by atoms with Gasteiger partial charge in [-0.1, -0.05) is 118 Å². The zero-order chi connectivity index (χ0) is 18.8. The van der Waals surface area contributed by atoms with Gasteiger partial charge in [0.15, 0.2) is 0 Å². The fraction of sp³-hybridized carbons (Fsp3) is 1.00. The zero-order valence-corrected chi connectivity index (χ0v) is 18.4. The van der Waals surface area contributed by atoms with Crippen LogP contribution in [0.2, 0.25) is 0 Å². The summed E-state index contributed by atoms with van der Waals surface area (Å²) in [5.74, 6) is 0.755. The van der Waals surface area contributed by atoms with Crippen LogP contribution in [0.5, 0.6) is 0 Å². The second-order valence-corrected chi connectivity index (χ2v) is 8.54. The summed E-state index contributed by atoms with van der Waals surface area (Å²) in [7, 11) is 0. The molecule has 0 amide bonds. The SMILES string of the molecule is CCCCCCCCCCC(CCCC)C(N)(CCCC)CCCC. The lowest BCUT2D eigenvalue weighted by atomic mass is 9.72. The van der Waals surface area contributed by atoms with Crippen molar-refractivity contribution in [1.29, 1.82) is 0 Å². The van der Waals surface area contributed by atoms with E-state index in [1.54, 1.807) is 0 Å². The zero-order valence-electron chi connectivity index (χ0n) is 18.4. The number of nitrogens with two attached hydrogens (primary N) is 1. The Balaban J connectivity index is 4.35. The molecule has 0 aromatic heterocycles. The molecule has 0 heterocycles. The monoisotopic (exact) mass is 353 g/mol. The van der Waals surface area contributed by atoms with Crippen molar-refractivity contribution < 1.29 is 0 Å². The van der Waals surface area contributed by atoms with Gasteiger partial charge in [-0.15, -0.1) is 0 Å². The molecule has 0 spiro atoms. The summed E-state index contributed by atoms with van der Waals surface area (Å²) in [5.41, 5.74) is 7.16. The maximum absolute atomic E-state index is 7.05. The van der Waals surface area contributed by atoms with E-state index >= 15 is 0 Å². The van der Waals surface area contributed by atoms with Crippen LogP contribution in [-0.2, 0) is 0 Å². The molecule has 0 radical (unpaired) electrons. The first-order valence-electron chi connectivity index (χ1n) is 11.9. The van der Waals surface area contributed by atoms with Crippen molar-refractivity contribution >= 4 is 0 Å². The van der Waals surface area contributed by atoms with Gasteiger partial charge in [0, 0.05) is 5.54 Å². The highest BCUT2D eigenvalue weighted by Crippen LogP contribution is 2.34. The minimum atomic E-state index is 0.113. The Hall–Kier alpha value is -0.0400. The molecule has 0 aromatic carbocycles. The summed E-state index contributed by atoms with van der Waals surface area (Å²) >= 11 is 0. The molecule has 0 fully saturated rings. The minimum absolute atomic E-state index is 0.113. The molecule has 25 heavy (non-hydrogen) atoms. The van der Waals surface area contributed by atoms with Crippen LogP contribution >= 0.6 is 0 Å². The van der Waals surface area contributed by atoms with E-state index in [0.29, 0.717) is 0 Å². The normalized spacial score (nSPS) is 13.3. The first-order chi connectivity index (χ1) is 12.1. The molecule has 0 bridgehead atoms. The molecule has 1 nitrogen and oxygen atoms in total. The molecule has 152 valence electrons. The van der Waals surface area contributed by atoms with Crippen LogP contribution in [0.15, 0.2) is 0 Å². The molecule has 0 aromatic rings. The second kappa shape index (κ2) is 17.4. The highest BCUT2D eigenvalue weighted by molar-refractivity contribution is 4.91. The van der Waals surface area contributed by atoms with E-state index in [2.05, 4.69) is 27.7 Å². The predicted molar refractivity (Wildman–Crippen MR) is 116 cm³/mol. The van der Waals surface area contributed by atoms with Crippen molar-refractivity contribution in [2.75, 3.05) is 0 Å². The van der Waals surface area contributed by atoms with E-state index in [-0.39, 0.29) is 5.54 Å². The van der Waals surface area contributed by atoms with Crippen LogP contribution in [0.1, 0.15) is 143 Å². The summed E-state index contributed by atoms with van der Waals surface area (Å²) in [4.78, 5) is 0. The maximum Gasteiger partial charge on any atom is 0.0182 e. The van der Waals surface area contributed by atoms with Gasteiger partial charge in [-0.05, 0) is 31.6 Å². The Kier molecular flexibility index (Phi) is 17.3. The summed E-state index contributed by atoms with van der Waals surface area (Å²) < 4.78 is 0. The molecule has 0 rings (SSSR count). The van der Waals surface area contributed by atoms with Crippen LogP contribution < -0.4 is 5.73 Å². The van der Waals surface area contributed by atoms with Crippen LogP contribution in [0.25, 0.3) is 0 Å². The molecule has 0 aliphatic rings. The minimum Gasteiger partial charge on any atom is -0.325 e. The highest BCUT2D eigenvalue weighted by atomic mass is 14.8. The maximum atomic E-state index is 7.05. The van der Waals surface area contributed by atoms with E-state index in [0.717, 1.165) is 5.92 Å². The Bertz CT molecular complexity index is 253. The lowest BCUT2D eigenvalue weighted by molar-refractivity contribution is 0.193. The van der Waals surface area contributed by atoms with Crippen molar-refractivity contribution in [3.05, 3.63) is 0 Å². The lowest BCUT2D eigenvalue weighted by Crippen LogP contribution is -2.47. The van der Waals surface area contributed by atoms with Gasteiger partial charge in [-0.3, -0.25) is 0 Å². The summed E-state index contributed by atoms with van der Waals surface area (Å²) in [6.45, 7) is 9.23. The lowest BCUT2D eigenvalue weighted by Gasteiger charge is -2.39. The van der Waals surface area contributed by atoms with Crippen LogP contribution in [-0.4, -0.2) is 5.54 Å². The molecule has 0 saturated heterocycles. The van der Waals surface area contributed by atoms with Crippen molar-refractivity contribution in [3.8, 4) is 0 Å². The Labute approximate surface area is 160 Å². The third-order valence-corrected chi connectivity index (χ3v) is 6.12. The van der Waals surface area contributed by atoms with Gasteiger partial charge < -0.3 is 5.73 Å². The molecule has 0 aliphatic heterocycles. The van der Waals surface area contributed by atoms with Crippen molar-refractivity contribution in [1.82, 2.24) is 0 Å². The van der Waals surface area contributed by atoms with E-state index < -0.39 is 0 Å². The van der Waals surface area contributed by atoms with Crippen LogP contribution in [0.4, 0.5) is 0 Å². The topological polar surface area (TPSA) is 26.0 Å². The van der Waals surface area contributed by atoms with Crippen molar-refractivity contribution in [3.63, 3.8) is 0 Å². The van der Waals surface area contributed by atoms with Crippen molar-refractivity contribution in [2.24, 2.45) is 11.7 Å². The first kappa shape index (κ1) is 25.0. The Morgan fingerprint density at radius 2 is 0.920 bits per heavy atom. The molecule has 1 heteroatoms. The first-order valence-corrected chi connectivity index (χ1v) is 11.9. The fourth-order valence-electron chi connectivity index (χ4n) is 4.24. The average Bonchev–Trinajstić information content (AvgIpc) is 2.62. The fourth-order valence-corrected chi connectivity index (χ4v) is 4.24. The highest BCUT2D eigenvalue weighted by Gasteiger charge is 2.32. The quantitative estimate of drug-likeness (QED) is 0.232. The van der Waals surface area contributed by atoms with E-state index in [9.17, 15) is 0 Å². The van der Waals surface area contributed by atoms with Crippen molar-refractivity contribution in [2.45, 2.75) is 149 Å². The van der Waals surface area contributed by atoms with Gasteiger partial charge in [-0.25, -0.2) is 0 Å². The number of hydrogen-bond acceptors (Lipinski definition) is 1. The van der Waals surface area contributed by atoms with Gasteiger partial charge in [0.2, 0.25) is 0 Å². The number of rotatable bonds is 19. The third-order valence-electron chi connectivity index (χ3n) is 6.12. The van der Waals surface area contributed by atoms with E-state index in [4.69, 9.17) is 5.73 Å². The van der Waals surface area contributed by atoms with Gasteiger partial charge in [0.1, 0.15) is 0 Å². The molecule has 0 saturated carbocycles. The molecule has 1 unspecified atom stereocenters. The number of hydrogen-bond donors (Lipinski definition) is 1. The summed E-state index contributed by atoms with van der Waals surface area (Å²) in [6, 6.07) is 0. The molecule has 2 N–H and O–H groups in total. The average molecular weight is 354 g/mol. The van der Waals surface area contributed by atoms with Gasteiger partial charge in [0.25, 0.3) is 0 Å². The largest absolute Gasteiger partial charge is 0.325 e.